The van der Waals surface area contributed by atoms with Gasteiger partial charge in [-0.25, -0.2) is 0 Å². The summed E-state index contributed by atoms with van der Waals surface area (Å²) in [7, 11) is 0. The Morgan fingerprint density at radius 2 is 1.82 bits per heavy atom. The van der Waals surface area contributed by atoms with Crippen molar-refractivity contribution in [2.45, 2.75) is 13.0 Å². The molecule has 0 saturated carbocycles. The number of anilines is 3. The van der Waals surface area contributed by atoms with Crippen LogP contribution in [0.15, 0.2) is 42.5 Å². The molecule has 2 nitrogen and oxygen atoms in total. The van der Waals surface area contributed by atoms with Gasteiger partial charge in [-0.2, -0.15) is 0 Å². The maximum atomic E-state index is 3.53. The van der Waals surface area contributed by atoms with Crippen molar-refractivity contribution in [2.24, 2.45) is 0 Å². The molecule has 1 N–H and O–H groups in total. The van der Waals surface area contributed by atoms with Crippen molar-refractivity contribution < 1.29 is 0 Å². The molecule has 0 aliphatic carbocycles. The Kier molecular flexibility index (Phi) is 1.75. The molecule has 17 heavy (non-hydrogen) atoms. The van der Waals surface area contributed by atoms with E-state index in [1.165, 1.54) is 28.2 Å². The monoisotopic (exact) mass is 222 g/mol. The number of benzene rings is 2. The minimum atomic E-state index is 0.927. The number of para-hydroxylation sites is 3. The molecule has 0 amide bonds. The molecule has 0 radical (unpaired) electrons. The van der Waals surface area contributed by atoms with Gasteiger partial charge in [0, 0.05) is 18.8 Å². The second-order valence-electron chi connectivity index (χ2n) is 4.70. The van der Waals surface area contributed by atoms with Gasteiger partial charge in [0.25, 0.3) is 0 Å². The van der Waals surface area contributed by atoms with E-state index >= 15 is 0 Å². The van der Waals surface area contributed by atoms with Crippen LogP contribution in [0.3, 0.4) is 0 Å². The molecule has 2 aromatic rings. The Hall–Kier alpha value is -1.96. The van der Waals surface area contributed by atoms with Gasteiger partial charge in [-0.1, -0.05) is 30.3 Å². The minimum absolute atomic E-state index is 0.927. The third-order valence-electron chi connectivity index (χ3n) is 3.74. The summed E-state index contributed by atoms with van der Waals surface area (Å²) in [5, 5.41) is 3.53. The Labute approximate surface area is 101 Å². The van der Waals surface area contributed by atoms with Crippen LogP contribution in [-0.2, 0) is 13.0 Å². The first-order valence-corrected chi connectivity index (χ1v) is 6.15. The number of nitrogens with zero attached hydrogens (tertiary/aromatic N) is 1. The molecule has 2 aliphatic rings. The maximum absolute atomic E-state index is 3.53. The largest absolute Gasteiger partial charge is 0.379 e. The summed E-state index contributed by atoms with van der Waals surface area (Å²) in [5.74, 6) is 0. The third kappa shape index (κ3) is 1.21. The molecule has 0 fully saturated rings. The Morgan fingerprint density at radius 1 is 0.941 bits per heavy atom. The minimum Gasteiger partial charge on any atom is -0.379 e. The van der Waals surface area contributed by atoms with Crippen LogP contribution in [0.4, 0.5) is 17.1 Å². The van der Waals surface area contributed by atoms with Gasteiger partial charge in [0.05, 0.1) is 11.4 Å². The van der Waals surface area contributed by atoms with Crippen molar-refractivity contribution in [3.8, 4) is 0 Å². The highest BCUT2D eigenvalue weighted by Crippen LogP contribution is 2.42. The molecule has 4 rings (SSSR count). The first kappa shape index (κ1) is 9.11. The third-order valence-corrected chi connectivity index (χ3v) is 3.74. The topological polar surface area (TPSA) is 15.3 Å². The van der Waals surface area contributed by atoms with E-state index in [-0.39, 0.29) is 0 Å². The number of hydrogen-bond acceptors (Lipinski definition) is 2. The van der Waals surface area contributed by atoms with Crippen LogP contribution in [-0.4, -0.2) is 6.54 Å². The molecular weight excluding hydrogens is 208 g/mol. The number of hydrogen-bond donors (Lipinski definition) is 1. The Balaban J connectivity index is 1.99. The van der Waals surface area contributed by atoms with E-state index in [4.69, 9.17) is 0 Å². The van der Waals surface area contributed by atoms with Crippen molar-refractivity contribution in [3.63, 3.8) is 0 Å². The standard InChI is InChI=1S/C15H14N2/c1-2-7-14-13(6-1)16-10-12-5-3-4-11-8-9-17(14)15(11)12/h1-7,16H,8-10H2. The molecule has 84 valence electrons. The van der Waals surface area contributed by atoms with Crippen LogP contribution in [0.5, 0.6) is 0 Å². The Morgan fingerprint density at radius 3 is 2.82 bits per heavy atom. The zero-order valence-corrected chi connectivity index (χ0v) is 9.61. The second kappa shape index (κ2) is 3.27. The molecule has 2 heterocycles. The fraction of sp³-hybridized carbons (Fsp3) is 0.200. The summed E-state index contributed by atoms with van der Waals surface area (Å²) in [6.07, 6.45) is 1.16. The van der Waals surface area contributed by atoms with E-state index in [0.29, 0.717) is 0 Å². The van der Waals surface area contributed by atoms with E-state index < -0.39 is 0 Å². The van der Waals surface area contributed by atoms with Crippen LogP contribution in [0.1, 0.15) is 11.1 Å². The average Bonchev–Trinajstić information content (AvgIpc) is 2.73. The lowest BCUT2D eigenvalue weighted by Gasteiger charge is -2.20. The predicted octanol–water partition coefficient (Wildman–Crippen LogP) is 3.31. The summed E-state index contributed by atoms with van der Waals surface area (Å²) in [4.78, 5) is 2.46. The molecule has 0 unspecified atom stereocenters. The SMILES string of the molecule is c1cc2c3c(c1)CNc1ccccc1N3CC2. The van der Waals surface area contributed by atoms with Crippen molar-refractivity contribution in [2.75, 3.05) is 16.8 Å². The summed E-state index contributed by atoms with van der Waals surface area (Å²) in [5.41, 5.74) is 6.90. The molecule has 2 aromatic carbocycles. The lowest BCUT2D eigenvalue weighted by atomic mass is 10.1. The van der Waals surface area contributed by atoms with E-state index in [2.05, 4.69) is 52.7 Å². The smallest absolute Gasteiger partial charge is 0.0646 e. The van der Waals surface area contributed by atoms with Gasteiger partial charge in [-0.05, 0) is 29.7 Å². The highest BCUT2D eigenvalue weighted by atomic mass is 15.2. The fourth-order valence-electron chi connectivity index (χ4n) is 2.97. The molecule has 2 heteroatoms. The molecule has 2 aliphatic heterocycles. The molecule has 0 aromatic heterocycles. The number of fused-ring (bicyclic) bond motifs is 2. The van der Waals surface area contributed by atoms with Crippen LogP contribution >= 0.6 is 0 Å². The number of nitrogens with one attached hydrogen (secondary N) is 1. The van der Waals surface area contributed by atoms with E-state index in [1.54, 1.807) is 0 Å². The normalized spacial score (nSPS) is 15.9. The van der Waals surface area contributed by atoms with Gasteiger partial charge in [0.15, 0.2) is 0 Å². The summed E-state index contributed by atoms with van der Waals surface area (Å²) in [6, 6.07) is 15.3. The van der Waals surface area contributed by atoms with Gasteiger partial charge in [0.1, 0.15) is 0 Å². The predicted molar refractivity (Wildman–Crippen MR) is 70.9 cm³/mol. The highest BCUT2D eigenvalue weighted by molar-refractivity contribution is 5.83. The van der Waals surface area contributed by atoms with Crippen molar-refractivity contribution >= 4 is 17.1 Å². The van der Waals surface area contributed by atoms with Crippen molar-refractivity contribution in [3.05, 3.63) is 53.6 Å². The summed E-state index contributed by atoms with van der Waals surface area (Å²) >= 11 is 0. The van der Waals surface area contributed by atoms with E-state index in [0.717, 1.165) is 19.5 Å². The molecule has 0 spiro atoms. The van der Waals surface area contributed by atoms with Gasteiger partial charge in [0.2, 0.25) is 0 Å². The molecule has 0 bridgehead atoms. The van der Waals surface area contributed by atoms with Gasteiger partial charge in [-0.3, -0.25) is 0 Å². The number of rotatable bonds is 0. The van der Waals surface area contributed by atoms with Crippen LogP contribution < -0.4 is 10.2 Å². The average molecular weight is 222 g/mol. The summed E-state index contributed by atoms with van der Waals surface area (Å²) < 4.78 is 0. The molecule has 0 saturated heterocycles. The summed E-state index contributed by atoms with van der Waals surface area (Å²) in [6.45, 7) is 2.03. The van der Waals surface area contributed by atoms with Gasteiger partial charge < -0.3 is 10.2 Å². The van der Waals surface area contributed by atoms with E-state index in [9.17, 15) is 0 Å². The first-order valence-electron chi connectivity index (χ1n) is 6.15. The Bertz CT molecular complexity index is 589. The van der Waals surface area contributed by atoms with E-state index in [1.807, 2.05) is 0 Å². The lowest BCUT2D eigenvalue weighted by molar-refractivity contribution is 1.00. The lowest BCUT2D eigenvalue weighted by Crippen LogP contribution is -2.13. The second-order valence-corrected chi connectivity index (χ2v) is 4.70. The molecular formula is C15H14N2. The molecule has 0 atom stereocenters. The quantitative estimate of drug-likeness (QED) is 0.735. The van der Waals surface area contributed by atoms with Crippen LogP contribution in [0.2, 0.25) is 0 Å². The maximum Gasteiger partial charge on any atom is 0.0646 e. The fourth-order valence-corrected chi connectivity index (χ4v) is 2.97. The zero-order chi connectivity index (χ0) is 11.2. The van der Waals surface area contributed by atoms with Crippen molar-refractivity contribution in [1.29, 1.82) is 0 Å². The van der Waals surface area contributed by atoms with Gasteiger partial charge in [-0.15, -0.1) is 0 Å². The highest BCUT2D eigenvalue weighted by Gasteiger charge is 2.26. The van der Waals surface area contributed by atoms with Gasteiger partial charge >= 0.3 is 0 Å². The van der Waals surface area contributed by atoms with Crippen LogP contribution in [0, 0.1) is 0 Å². The van der Waals surface area contributed by atoms with Crippen LogP contribution in [0.25, 0.3) is 0 Å². The first-order chi connectivity index (χ1) is 8.43. The zero-order valence-electron chi connectivity index (χ0n) is 9.61. The van der Waals surface area contributed by atoms with Crippen molar-refractivity contribution in [1.82, 2.24) is 0 Å².